The normalized spacial score (nSPS) is 44.4. The van der Waals surface area contributed by atoms with Gasteiger partial charge in [0.1, 0.15) is 0 Å². The third-order valence-electron chi connectivity index (χ3n) is 5.33. The average molecular weight is 266 g/mol. The van der Waals surface area contributed by atoms with Crippen LogP contribution < -0.4 is 5.32 Å². The molecule has 2 amide bonds. The van der Waals surface area contributed by atoms with Crippen LogP contribution in [0.2, 0.25) is 0 Å². The Morgan fingerprint density at radius 1 is 1.32 bits per heavy atom. The van der Waals surface area contributed by atoms with Gasteiger partial charge in [0, 0.05) is 25.1 Å². The first-order chi connectivity index (χ1) is 9.24. The fourth-order valence-corrected chi connectivity index (χ4v) is 4.12. The van der Waals surface area contributed by atoms with Crippen LogP contribution in [-0.4, -0.2) is 55.5 Å². The fraction of sp³-hybridized carbons (Fsp3) is 0.929. The Kier molecular flexibility index (Phi) is 2.74. The highest BCUT2D eigenvalue weighted by Crippen LogP contribution is 2.38. The van der Waals surface area contributed by atoms with Gasteiger partial charge in [-0.05, 0) is 32.1 Å². The Morgan fingerprint density at radius 2 is 2.26 bits per heavy atom. The number of amides is 2. The van der Waals surface area contributed by atoms with Gasteiger partial charge in [-0.2, -0.15) is 0 Å². The molecule has 0 aromatic heterocycles. The third kappa shape index (κ3) is 2.03. The first kappa shape index (κ1) is 12.0. The number of rotatable bonds is 1. The third-order valence-corrected chi connectivity index (χ3v) is 5.33. The number of ether oxygens (including phenoxy) is 2. The molecule has 0 aromatic carbocycles. The van der Waals surface area contributed by atoms with Crippen LogP contribution in [-0.2, 0) is 9.47 Å². The second kappa shape index (κ2) is 4.35. The molecule has 106 valence electrons. The molecule has 5 heteroatoms. The Bertz CT molecular complexity index is 381. The van der Waals surface area contributed by atoms with Crippen LogP contribution >= 0.6 is 0 Å². The van der Waals surface area contributed by atoms with Gasteiger partial charge in [0.15, 0.2) is 0 Å². The highest BCUT2D eigenvalue weighted by atomic mass is 16.5. The van der Waals surface area contributed by atoms with Crippen molar-refractivity contribution in [2.24, 2.45) is 5.41 Å². The molecule has 1 N–H and O–H groups in total. The van der Waals surface area contributed by atoms with E-state index in [1.807, 2.05) is 4.90 Å². The zero-order valence-corrected chi connectivity index (χ0v) is 11.3. The van der Waals surface area contributed by atoms with Crippen molar-refractivity contribution in [3.8, 4) is 0 Å². The van der Waals surface area contributed by atoms with Gasteiger partial charge in [-0.1, -0.05) is 0 Å². The molecule has 19 heavy (non-hydrogen) atoms. The molecule has 4 saturated heterocycles. The summed E-state index contributed by atoms with van der Waals surface area (Å²) in [6.45, 7) is 3.42. The van der Waals surface area contributed by atoms with E-state index in [2.05, 4.69) is 5.32 Å². The molecule has 4 aliphatic heterocycles. The van der Waals surface area contributed by atoms with Crippen LogP contribution in [0.3, 0.4) is 0 Å². The van der Waals surface area contributed by atoms with Crippen LogP contribution in [0.25, 0.3) is 0 Å². The van der Waals surface area contributed by atoms with Crippen molar-refractivity contribution in [3.05, 3.63) is 0 Å². The van der Waals surface area contributed by atoms with Crippen LogP contribution in [0, 0.1) is 5.41 Å². The van der Waals surface area contributed by atoms with Crippen molar-refractivity contribution < 1.29 is 14.3 Å². The van der Waals surface area contributed by atoms with Crippen LogP contribution in [0.1, 0.15) is 32.1 Å². The minimum Gasteiger partial charge on any atom is -0.381 e. The van der Waals surface area contributed by atoms with E-state index in [0.29, 0.717) is 6.10 Å². The van der Waals surface area contributed by atoms with Gasteiger partial charge in [0.05, 0.1) is 24.9 Å². The fourth-order valence-electron chi connectivity index (χ4n) is 4.12. The van der Waals surface area contributed by atoms with Gasteiger partial charge in [0.2, 0.25) is 0 Å². The van der Waals surface area contributed by atoms with Crippen LogP contribution in [0.4, 0.5) is 4.79 Å². The molecule has 4 rings (SSSR count). The van der Waals surface area contributed by atoms with Crippen molar-refractivity contribution in [1.82, 2.24) is 10.2 Å². The van der Waals surface area contributed by atoms with Crippen LogP contribution in [0.15, 0.2) is 0 Å². The standard InChI is InChI=1S/C14H22N2O3/c17-13(15-11-7-10-1-2-12(11)19-10)16-5-3-14(8-16)4-6-18-9-14/h10-12H,1-9H2,(H,15,17)/t10-,11+,12-,14-/m1/s1. The first-order valence-corrected chi connectivity index (χ1v) is 7.53. The number of nitrogens with one attached hydrogen (secondary N) is 1. The van der Waals surface area contributed by atoms with Gasteiger partial charge in [-0.25, -0.2) is 4.79 Å². The van der Waals surface area contributed by atoms with E-state index in [1.165, 1.54) is 6.42 Å². The number of fused-ring (bicyclic) bond motifs is 2. The number of likely N-dealkylation sites (tertiary alicyclic amines) is 1. The minimum absolute atomic E-state index is 0.102. The summed E-state index contributed by atoms with van der Waals surface area (Å²) < 4.78 is 11.3. The van der Waals surface area contributed by atoms with E-state index in [9.17, 15) is 4.79 Å². The molecular weight excluding hydrogens is 244 g/mol. The number of carbonyl (C=O) groups excluding carboxylic acids is 1. The summed E-state index contributed by atoms with van der Waals surface area (Å²) >= 11 is 0. The van der Waals surface area contributed by atoms with Crippen molar-refractivity contribution in [2.75, 3.05) is 26.3 Å². The quantitative estimate of drug-likeness (QED) is 0.774. The molecule has 0 aromatic rings. The lowest BCUT2D eigenvalue weighted by Gasteiger charge is -2.26. The molecule has 4 aliphatic rings. The second-order valence-electron chi connectivity index (χ2n) is 6.64. The number of carbonyl (C=O) groups is 1. The van der Waals surface area contributed by atoms with E-state index in [0.717, 1.165) is 52.0 Å². The Labute approximate surface area is 113 Å². The predicted molar refractivity (Wildman–Crippen MR) is 68.9 cm³/mol. The highest BCUT2D eigenvalue weighted by Gasteiger charge is 2.45. The summed E-state index contributed by atoms with van der Waals surface area (Å²) in [4.78, 5) is 14.3. The zero-order chi connectivity index (χ0) is 12.9. The molecule has 0 aliphatic carbocycles. The summed E-state index contributed by atoms with van der Waals surface area (Å²) in [7, 11) is 0. The molecule has 2 bridgehead atoms. The Balaban J connectivity index is 1.34. The van der Waals surface area contributed by atoms with E-state index < -0.39 is 0 Å². The lowest BCUT2D eigenvalue weighted by Crippen LogP contribution is -2.48. The van der Waals surface area contributed by atoms with Crippen molar-refractivity contribution in [3.63, 3.8) is 0 Å². The lowest BCUT2D eigenvalue weighted by molar-refractivity contribution is 0.0970. The molecule has 4 atom stereocenters. The van der Waals surface area contributed by atoms with E-state index in [-0.39, 0.29) is 23.6 Å². The monoisotopic (exact) mass is 266 g/mol. The van der Waals surface area contributed by atoms with E-state index in [4.69, 9.17) is 9.47 Å². The molecule has 0 saturated carbocycles. The number of nitrogens with zero attached hydrogens (tertiary/aromatic N) is 1. The van der Waals surface area contributed by atoms with Crippen molar-refractivity contribution >= 4 is 6.03 Å². The number of hydrogen-bond acceptors (Lipinski definition) is 3. The molecule has 5 nitrogen and oxygen atoms in total. The minimum atomic E-state index is 0.102. The van der Waals surface area contributed by atoms with E-state index >= 15 is 0 Å². The van der Waals surface area contributed by atoms with E-state index in [1.54, 1.807) is 0 Å². The topological polar surface area (TPSA) is 50.8 Å². The summed E-state index contributed by atoms with van der Waals surface area (Å²) in [5.74, 6) is 0. The molecule has 4 heterocycles. The molecular formula is C14H22N2O3. The Hall–Kier alpha value is -0.810. The highest BCUT2D eigenvalue weighted by molar-refractivity contribution is 5.75. The first-order valence-electron chi connectivity index (χ1n) is 7.53. The Morgan fingerprint density at radius 3 is 2.95 bits per heavy atom. The maximum atomic E-state index is 12.3. The lowest BCUT2D eigenvalue weighted by atomic mass is 9.87. The second-order valence-corrected chi connectivity index (χ2v) is 6.64. The summed E-state index contributed by atoms with van der Waals surface area (Å²) in [5.41, 5.74) is 0.253. The summed E-state index contributed by atoms with van der Waals surface area (Å²) in [5, 5.41) is 3.18. The molecule has 4 fully saturated rings. The molecule has 1 spiro atoms. The van der Waals surface area contributed by atoms with Gasteiger partial charge in [-0.15, -0.1) is 0 Å². The van der Waals surface area contributed by atoms with Crippen molar-refractivity contribution in [2.45, 2.75) is 50.4 Å². The van der Waals surface area contributed by atoms with Crippen LogP contribution in [0.5, 0.6) is 0 Å². The molecule has 0 radical (unpaired) electrons. The van der Waals surface area contributed by atoms with Gasteiger partial charge >= 0.3 is 6.03 Å². The number of hydrogen-bond donors (Lipinski definition) is 1. The smallest absolute Gasteiger partial charge is 0.317 e. The maximum absolute atomic E-state index is 12.3. The van der Waals surface area contributed by atoms with Crippen molar-refractivity contribution in [1.29, 1.82) is 0 Å². The SMILES string of the molecule is O=C(N[C@H]1C[C@H]2CC[C@H]1O2)N1CC[C@@]2(CCOC2)C1. The van der Waals surface area contributed by atoms with Gasteiger partial charge in [-0.3, -0.25) is 0 Å². The van der Waals surface area contributed by atoms with Gasteiger partial charge < -0.3 is 19.7 Å². The summed E-state index contributed by atoms with van der Waals surface area (Å²) in [6, 6.07) is 0.340. The maximum Gasteiger partial charge on any atom is 0.317 e. The molecule has 0 unspecified atom stereocenters. The average Bonchev–Trinajstić information content (AvgIpc) is 3.16. The predicted octanol–water partition coefficient (Wildman–Crippen LogP) is 1.13. The largest absolute Gasteiger partial charge is 0.381 e. The zero-order valence-electron chi connectivity index (χ0n) is 11.3. The summed E-state index contributed by atoms with van der Waals surface area (Å²) in [6.07, 6.45) is 6.12. The van der Waals surface area contributed by atoms with Gasteiger partial charge in [0.25, 0.3) is 0 Å². The number of urea groups is 1.